The predicted molar refractivity (Wildman–Crippen MR) is 131 cm³/mol. The van der Waals surface area contributed by atoms with Crippen LogP contribution in [0.1, 0.15) is 27.8 Å². The molecule has 0 radical (unpaired) electrons. The lowest BCUT2D eigenvalue weighted by Crippen LogP contribution is -2.25. The fourth-order valence-corrected chi connectivity index (χ4v) is 3.34. The highest BCUT2D eigenvalue weighted by molar-refractivity contribution is 6.31. The average molecular weight is 467 g/mol. The second-order valence-electron chi connectivity index (χ2n) is 7.53. The van der Waals surface area contributed by atoms with Gasteiger partial charge in [0.15, 0.2) is 18.1 Å². The molecule has 3 aromatic rings. The van der Waals surface area contributed by atoms with Crippen LogP contribution in [0.5, 0.6) is 17.2 Å². The molecule has 3 rings (SSSR count). The van der Waals surface area contributed by atoms with E-state index in [1.165, 1.54) is 6.21 Å². The number of rotatable bonds is 9. The number of carbonyl (C=O) groups is 1. The van der Waals surface area contributed by atoms with Crippen LogP contribution in [0.3, 0.4) is 0 Å². The molecule has 1 amide bonds. The van der Waals surface area contributed by atoms with Gasteiger partial charge < -0.3 is 14.2 Å². The number of nitrogens with zero attached hydrogens (tertiary/aromatic N) is 1. The van der Waals surface area contributed by atoms with Gasteiger partial charge in [0.05, 0.1) is 13.3 Å². The summed E-state index contributed by atoms with van der Waals surface area (Å²) in [6.45, 7) is 6.13. The van der Waals surface area contributed by atoms with Crippen molar-refractivity contribution in [3.8, 4) is 17.2 Å². The highest BCUT2D eigenvalue weighted by atomic mass is 35.5. The van der Waals surface area contributed by atoms with Crippen LogP contribution in [0.25, 0.3) is 0 Å². The van der Waals surface area contributed by atoms with Crippen molar-refractivity contribution in [3.05, 3.63) is 87.4 Å². The number of carbonyl (C=O) groups excluding carboxylic acids is 1. The zero-order valence-corrected chi connectivity index (χ0v) is 19.9. The third kappa shape index (κ3) is 6.49. The van der Waals surface area contributed by atoms with Crippen LogP contribution in [-0.2, 0) is 11.4 Å². The van der Waals surface area contributed by atoms with Crippen LogP contribution >= 0.6 is 11.6 Å². The molecular weight excluding hydrogens is 440 g/mol. The smallest absolute Gasteiger partial charge is 0.277 e. The Kier molecular flexibility index (Phi) is 8.33. The Hall–Kier alpha value is -3.51. The van der Waals surface area contributed by atoms with Gasteiger partial charge >= 0.3 is 0 Å². The number of halogens is 1. The van der Waals surface area contributed by atoms with E-state index < -0.39 is 0 Å². The molecule has 0 aliphatic heterocycles. The Morgan fingerprint density at radius 3 is 2.52 bits per heavy atom. The minimum atomic E-state index is -0.349. The van der Waals surface area contributed by atoms with Gasteiger partial charge in [0, 0.05) is 10.6 Å². The number of hydrogen-bond acceptors (Lipinski definition) is 5. The van der Waals surface area contributed by atoms with Crippen LogP contribution in [-0.4, -0.2) is 25.8 Å². The SMILES string of the molecule is COc1cc(/C=N/NC(=O)COc2c(C)ccc(C)c2C)ccc1OCc1ccccc1Cl. The minimum Gasteiger partial charge on any atom is -0.493 e. The standard InChI is InChI=1S/C26H27ClN2O4/c1-17-9-10-18(2)26(19(17)3)33-16-25(30)29-28-14-20-11-12-23(24(13-20)31-4)32-15-21-7-5-6-8-22(21)27/h5-14H,15-16H2,1-4H3,(H,29,30)/b28-14+. The quantitative estimate of drug-likeness (QED) is 0.339. The van der Waals surface area contributed by atoms with Crippen LogP contribution in [0, 0.1) is 20.8 Å². The first kappa shape index (κ1) is 24.1. The number of methoxy groups -OCH3 is 1. The molecule has 0 heterocycles. The van der Waals surface area contributed by atoms with Crippen molar-refractivity contribution in [2.24, 2.45) is 5.10 Å². The molecule has 7 heteroatoms. The molecule has 0 unspecified atom stereocenters. The predicted octanol–water partition coefficient (Wildman–Crippen LogP) is 5.38. The first-order chi connectivity index (χ1) is 15.9. The molecule has 1 N–H and O–H groups in total. The third-order valence-electron chi connectivity index (χ3n) is 5.15. The number of benzene rings is 3. The van der Waals surface area contributed by atoms with E-state index in [2.05, 4.69) is 10.5 Å². The molecule has 0 fully saturated rings. The summed E-state index contributed by atoms with van der Waals surface area (Å²) in [5, 5.41) is 4.65. The van der Waals surface area contributed by atoms with E-state index in [1.54, 1.807) is 19.2 Å². The van der Waals surface area contributed by atoms with Crippen molar-refractivity contribution in [2.75, 3.05) is 13.7 Å². The van der Waals surface area contributed by atoms with Crippen molar-refractivity contribution in [1.82, 2.24) is 5.43 Å². The molecular formula is C26H27ClN2O4. The summed E-state index contributed by atoms with van der Waals surface area (Å²) in [5.41, 5.74) is 7.22. The van der Waals surface area contributed by atoms with Gasteiger partial charge in [-0.15, -0.1) is 0 Å². The Bertz CT molecular complexity index is 1160. The molecule has 0 saturated carbocycles. The lowest BCUT2D eigenvalue weighted by molar-refractivity contribution is -0.123. The Morgan fingerprint density at radius 2 is 1.76 bits per heavy atom. The van der Waals surface area contributed by atoms with Gasteiger partial charge in [0.25, 0.3) is 5.91 Å². The van der Waals surface area contributed by atoms with Crippen molar-refractivity contribution in [3.63, 3.8) is 0 Å². The van der Waals surface area contributed by atoms with Gasteiger partial charge in [-0.2, -0.15) is 5.10 Å². The summed E-state index contributed by atoms with van der Waals surface area (Å²) in [4.78, 5) is 12.1. The summed E-state index contributed by atoms with van der Waals surface area (Å²) in [5.74, 6) is 1.51. The number of hydrazone groups is 1. The number of hydrogen-bond donors (Lipinski definition) is 1. The zero-order chi connectivity index (χ0) is 23.8. The van der Waals surface area contributed by atoms with E-state index in [1.807, 2.05) is 63.2 Å². The molecule has 0 bridgehead atoms. The zero-order valence-electron chi connectivity index (χ0n) is 19.1. The number of nitrogens with one attached hydrogen (secondary N) is 1. The van der Waals surface area contributed by atoms with Crippen molar-refractivity contribution >= 4 is 23.7 Å². The van der Waals surface area contributed by atoms with Gasteiger partial charge in [0.1, 0.15) is 12.4 Å². The molecule has 0 atom stereocenters. The molecule has 0 aromatic heterocycles. The maximum Gasteiger partial charge on any atom is 0.277 e. The Morgan fingerprint density at radius 1 is 1.00 bits per heavy atom. The Labute approximate surface area is 199 Å². The summed E-state index contributed by atoms with van der Waals surface area (Å²) < 4.78 is 17.0. The van der Waals surface area contributed by atoms with E-state index in [0.29, 0.717) is 23.1 Å². The molecule has 0 aliphatic carbocycles. The monoisotopic (exact) mass is 466 g/mol. The first-order valence-electron chi connectivity index (χ1n) is 10.4. The molecule has 3 aromatic carbocycles. The van der Waals surface area contributed by atoms with Crippen LogP contribution in [0.15, 0.2) is 59.7 Å². The minimum absolute atomic E-state index is 0.124. The van der Waals surface area contributed by atoms with Gasteiger partial charge in [-0.05, 0) is 67.3 Å². The first-order valence-corrected chi connectivity index (χ1v) is 10.8. The number of ether oxygens (including phenoxy) is 3. The maximum absolute atomic E-state index is 12.1. The Balaban J connectivity index is 1.56. The van der Waals surface area contributed by atoms with Crippen molar-refractivity contribution in [2.45, 2.75) is 27.4 Å². The summed E-state index contributed by atoms with van der Waals surface area (Å²) in [6.07, 6.45) is 1.53. The lowest BCUT2D eigenvalue weighted by atomic mass is 10.1. The lowest BCUT2D eigenvalue weighted by Gasteiger charge is -2.13. The summed E-state index contributed by atoms with van der Waals surface area (Å²) in [6, 6.07) is 16.9. The molecule has 0 aliphatic rings. The van der Waals surface area contributed by atoms with Gasteiger partial charge in [-0.25, -0.2) is 5.43 Å². The second-order valence-corrected chi connectivity index (χ2v) is 7.93. The molecule has 172 valence electrons. The van der Waals surface area contributed by atoms with Gasteiger partial charge in [0.2, 0.25) is 0 Å². The van der Waals surface area contributed by atoms with E-state index in [0.717, 1.165) is 33.6 Å². The molecule has 33 heavy (non-hydrogen) atoms. The largest absolute Gasteiger partial charge is 0.493 e. The van der Waals surface area contributed by atoms with E-state index >= 15 is 0 Å². The average Bonchev–Trinajstić information content (AvgIpc) is 2.81. The van der Waals surface area contributed by atoms with Crippen LogP contribution in [0.2, 0.25) is 5.02 Å². The van der Waals surface area contributed by atoms with Gasteiger partial charge in [-0.3, -0.25) is 4.79 Å². The number of amides is 1. The van der Waals surface area contributed by atoms with Gasteiger partial charge in [-0.1, -0.05) is 41.9 Å². The highest BCUT2D eigenvalue weighted by Gasteiger charge is 2.10. The van der Waals surface area contributed by atoms with E-state index in [9.17, 15) is 4.79 Å². The summed E-state index contributed by atoms with van der Waals surface area (Å²) in [7, 11) is 1.56. The summed E-state index contributed by atoms with van der Waals surface area (Å²) >= 11 is 6.18. The molecule has 6 nitrogen and oxygen atoms in total. The fourth-order valence-electron chi connectivity index (χ4n) is 3.15. The fraction of sp³-hybridized carbons (Fsp3) is 0.231. The maximum atomic E-state index is 12.1. The second kappa shape index (κ2) is 11.4. The molecule has 0 spiro atoms. The highest BCUT2D eigenvalue weighted by Crippen LogP contribution is 2.29. The van der Waals surface area contributed by atoms with E-state index in [-0.39, 0.29) is 12.5 Å². The van der Waals surface area contributed by atoms with E-state index in [4.69, 9.17) is 25.8 Å². The van der Waals surface area contributed by atoms with Crippen LogP contribution < -0.4 is 19.6 Å². The van der Waals surface area contributed by atoms with Crippen LogP contribution in [0.4, 0.5) is 0 Å². The topological polar surface area (TPSA) is 69.2 Å². The third-order valence-corrected chi connectivity index (χ3v) is 5.52. The molecule has 0 saturated heterocycles. The van der Waals surface area contributed by atoms with Crippen molar-refractivity contribution in [1.29, 1.82) is 0 Å². The number of aryl methyl sites for hydroxylation is 2. The normalized spacial score (nSPS) is 10.8. The van der Waals surface area contributed by atoms with Crippen molar-refractivity contribution < 1.29 is 19.0 Å².